The zero-order chi connectivity index (χ0) is 23.2. The van der Waals surface area contributed by atoms with E-state index in [1.54, 1.807) is 25.6 Å². The minimum absolute atomic E-state index is 0.302. The summed E-state index contributed by atoms with van der Waals surface area (Å²) in [6, 6.07) is 14.3. The molecule has 33 heavy (non-hydrogen) atoms. The van der Waals surface area contributed by atoms with Gasteiger partial charge in [0, 0.05) is 32.7 Å². The molecule has 0 amide bonds. The van der Waals surface area contributed by atoms with E-state index < -0.39 is 6.10 Å². The summed E-state index contributed by atoms with van der Waals surface area (Å²) in [5, 5.41) is 11.6. The first-order chi connectivity index (χ1) is 16.1. The molecule has 0 radical (unpaired) electrons. The van der Waals surface area contributed by atoms with Crippen LogP contribution in [0.3, 0.4) is 0 Å². The van der Waals surface area contributed by atoms with Gasteiger partial charge in [0.1, 0.15) is 5.01 Å². The first-order valence-electron chi connectivity index (χ1n) is 11.4. The second-order valence-electron chi connectivity index (χ2n) is 8.39. The number of para-hydroxylation sites is 1. The van der Waals surface area contributed by atoms with Crippen molar-refractivity contribution in [2.75, 3.05) is 53.6 Å². The van der Waals surface area contributed by atoms with Crippen molar-refractivity contribution >= 4 is 21.6 Å². The summed E-state index contributed by atoms with van der Waals surface area (Å²) in [5.74, 6) is 1.37. The Morgan fingerprint density at radius 2 is 1.79 bits per heavy atom. The van der Waals surface area contributed by atoms with Gasteiger partial charge < -0.3 is 19.3 Å². The second kappa shape index (κ2) is 11.3. The Hall–Kier alpha value is -2.23. The highest BCUT2D eigenvalue weighted by Gasteiger charge is 2.25. The number of fused-ring (bicyclic) bond motifs is 1. The first kappa shape index (κ1) is 23.9. The fourth-order valence-electron chi connectivity index (χ4n) is 4.19. The van der Waals surface area contributed by atoms with Crippen LogP contribution in [0.1, 0.15) is 23.5 Å². The number of β-amino-alcohol motifs (C(OH)–C–C–N with tert-alkyl or cyclic N) is 1. The lowest BCUT2D eigenvalue weighted by atomic mass is 10.2. The molecule has 2 aromatic carbocycles. The van der Waals surface area contributed by atoms with Crippen molar-refractivity contribution in [1.82, 2.24) is 14.8 Å². The third-order valence-corrected chi connectivity index (χ3v) is 7.32. The number of thiazole rings is 1. The molecule has 1 fully saturated rings. The Balaban J connectivity index is 1.19. The van der Waals surface area contributed by atoms with Crippen molar-refractivity contribution in [3.63, 3.8) is 0 Å². The summed E-state index contributed by atoms with van der Waals surface area (Å²) < 4.78 is 17.6. The molecule has 2 atom stereocenters. The quantitative estimate of drug-likeness (QED) is 0.485. The van der Waals surface area contributed by atoms with E-state index in [0.29, 0.717) is 37.3 Å². The summed E-state index contributed by atoms with van der Waals surface area (Å²) in [6.45, 7) is 7.39. The number of hydrogen-bond donors (Lipinski definition) is 1. The molecule has 1 aliphatic heterocycles. The van der Waals surface area contributed by atoms with E-state index in [1.165, 1.54) is 9.71 Å². The van der Waals surface area contributed by atoms with Crippen LogP contribution in [0, 0.1) is 0 Å². The molecule has 0 bridgehead atoms. The lowest BCUT2D eigenvalue weighted by molar-refractivity contribution is -0.00145. The molecule has 0 aliphatic carbocycles. The molecule has 3 aromatic rings. The van der Waals surface area contributed by atoms with Crippen molar-refractivity contribution in [1.29, 1.82) is 0 Å². The summed E-state index contributed by atoms with van der Waals surface area (Å²) in [4.78, 5) is 9.62. The zero-order valence-electron chi connectivity index (χ0n) is 19.6. The van der Waals surface area contributed by atoms with Gasteiger partial charge in [-0.1, -0.05) is 18.2 Å². The molecule has 1 aliphatic rings. The molecule has 0 spiro atoms. The Morgan fingerprint density at radius 1 is 1.03 bits per heavy atom. The predicted molar refractivity (Wildman–Crippen MR) is 131 cm³/mol. The van der Waals surface area contributed by atoms with Gasteiger partial charge in [0.15, 0.2) is 11.5 Å². The normalized spacial score (nSPS) is 17.2. The van der Waals surface area contributed by atoms with E-state index in [9.17, 15) is 5.11 Å². The average Bonchev–Trinajstić information content (AvgIpc) is 3.28. The minimum atomic E-state index is -0.515. The highest BCUT2D eigenvalue weighted by atomic mass is 32.1. The SMILES string of the molecule is COc1ccc(COC[C@@H](O)CN2CCN([C@@H](C)c3nc4ccccc4s3)CC2)cc1OC. The number of hydrogen-bond acceptors (Lipinski definition) is 8. The van der Waals surface area contributed by atoms with Gasteiger partial charge in [0.05, 0.1) is 49.8 Å². The third-order valence-electron chi connectivity index (χ3n) is 6.12. The van der Waals surface area contributed by atoms with E-state index >= 15 is 0 Å². The van der Waals surface area contributed by atoms with Crippen LogP contribution < -0.4 is 9.47 Å². The van der Waals surface area contributed by atoms with Gasteiger partial charge in [-0.15, -0.1) is 11.3 Å². The maximum Gasteiger partial charge on any atom is 0.161 e. The number of methoxy groups -OCH3 is 2. The van der Waals surface area contributed by atoms with Crippen LogP contribution in [0.25, 0.3) is 10.2 Å². The number of nitrogens with zero attached hydrogens (tertiary/aromatic N) is 3. The number of aromatic nitrogens is 1. The van der Waals surface area contributed by atoms with E-state index in [1.807, 2.05) is 24.3 Å². The fourth-order valence-corrected chi connectivity index (χ4v) is 5.25. The maximum atomic E-state index is 10.5. The van der Waals surface area contributed by atoms with Crippen LogP contribution in [0.5, 0.6) is 11.5 Å². The van der Waals surface area contributed by atoms with Gasteiger partial charge in [-0.25, -0.2) is 4.98 Å². The monoisotopic (exact) mass is 471 g/mol. The van der Waals surface area contributed by atoms with Crippen molar-refractivity contribution in [3.05, 3.63) is 53.0 Å². The molecule has 1 aromatic heterocycles. The topological polar surface area (TPSA) is 67.3 Å². The van der Waals surface area contributed by atoms with Gasteiger partial charge in [-0.2, -0.15) is 0 Å². The van der Waals surface area contributed by atoms with Crippen LogP contribution in [0.4, 0.5) is 0 Å². The summed E-state index contributed by atoms with van der Waals surface area (Å²) in [5.41, 5.74) is 2.07. The smallest absolute Gasteiger partial charge is 0.161 e. The van der Waals surface area contributed by atoms with Gasteiger partial charge in [0.25, 0.3) is 0 Å². The van der Waals surface area contributed by atoms with Crippen LogP contribution in [0.2, 0.25) is 0 Å². The largest absolute Gasteiger partial charge is 0.493 e. The van der Waals surface area contributed by atoms with E-state index in [4.69, 9.17) is 19.2 Å². The Bertz CT molecular complexity index is 1000. The lowest BCUT2D eigenvalue weighted by Crippen LogP contribution is -2.49. The molecule has 2 heterocycles. The molecule has 178 valence electrons. The molecule has 7 nitrogen and oxygen atoms in total. The number of ether oxygens (including phenoxy) is 3. The molecule has 1 saturated heterocycles. The van der Waals surface area contributed by atoms with Gasteiger partial charge in [-0.3, -0.25) is 9.80 Å². The highest BCUT2D eigenvalue weighted by molar-refractivity contribution is 7.18. The summed E-state index contributed by atoms with van der Waals surface area (Å²) in [7, 11) is 3.23. The predicted octanol–water partition coefficient (Wildman–Crippen LogP) is 3.57. The Morgan fingerprint density at radius 3 is 2.52 bits per heavy atom. The van der Waals surface area contributed by atoms with Gasteiger partial charge in [-0.05, 0) is 36.8 Å². The molecule has 1 N–H and O–H groups in total. The molecular weight excluding hydrogens is 438 g/mol. The van der Waals surface area contributed by atoms with Crippen molar-refractivity contribution in [2.45, 2.75) is 25.7 Å². The molecule has 4 rings (SSSR count). The average molecular weight is 472 g/mol. The maximum absolute atomic E-state index is 10.5. The fraction of sp³-hybridized carbons (Fsp3) is 0.480. The van der Waals surface area contributed by atoms with E-state index in [-0.39, 0.29) is 0 Å². The number of aliphatic hydroxyl groups excluding tert-OH is 1. The molecular formula is C25H33N3O4S. The number of benzene rings is 2. The second-order valence-corrected chi connectivity index (χ2v) is 9.45. The molecule has 0 saturated carbocycles. The summed E-state index contributed by atoms with van der Waals surface area (Å²) >= 11 is 1.78. The van der Waals surface area contributed by atoms with Crippen molar-refractivity contribution < 1.29 is 19.3 Å². The first-order valence-corrected chi connectivity index (χ1v) is 12.2. The summed E-state index contributed by atoms with van der Waals surface area (Å²) in [6.07, 6.45) is -0.515. The molecule has 8 heteroatoms. The van der Waals surface area contributed by atoms with Crippen LogP contribution >= 0.6 is 11.3 Å². The van der Waals surface area contributed by atoms with E-state index in [2.05, 4.69) is 34.9 Å². The Kier molecular flexibility index (Phi) is 8.16. The molecule has 0 unspecified atom stereocenters. The van der Waals surface area contributed by atoms with Crippen molar-refractivity contribution in [2.24, 2.45) is 0 Å². The van der Waals surface area contributed by atoms with Crippen LogP contribution in [-0.2, 0) is 11.3 Å². The van der Waals surface area contributed by atoms with Gasteiger partial charge in [0.2, 0.25) is 0 Å². The van der Waals surface area contributed by atoms with Crippen LogP contribution in [-0.4, -0.2) is 79.5 Å². The standard InChI is InChI=1S/C25H33N3O4S/c1-18(25-26-21-6-4-5-7-24(21)33-25)28-12-10-27(11-13-28)15-20(29)17-32-16-19-8-9-22(30-2)23(14-19)31-3/h4-9,14,18,20,29H,10-13,15-17H2,1-3H3/t18-,20-/m0/s1. The number of aliphatic hydroxyl groups is 1. The Labute approximate surface area is 199 Å². The highest BCUT2D eigenvalue weighted by Crippen LogP contribution is 2.30. The van der Waals surface area contributed by atoms with Crippen molar-refractivity contribution in [3.8, 4) is 11.5 Å². The number of rotatable bonds is 10. The van der Waals surface area contributed by atoms with E-state index in [0.717, 1.165) is 37.3 Å². The lowest BCUT2D eigenvalue weighted by Gasteiger charge is -2.38. The van der Waals surface area contributed by atoms with Crippen LogP contribution in [0.15, 0.2) is 42.5 Å². The number of piperazine rings is 1. The minimum Gasteiger partial charge on any atom is -0.493 e. The zero-order valence-corrected chi connectivity index (χ0v) is 20.4. The third kappa shape index (κ3) is 6.02. The van der Waals surface area contributed by atoms with Gasteiger partial charge >= 0.3 is 0 Å².